The van der Waals surface area contributed by atoms with Gasteiger partial charge in [0.2, 0.25) is 17.7 Å². The molecule has 0 saturated carbocycles. The first-order chi connectivity index (χ1) is 16.0. The number of esters is 1. The molecule has 11 heteroatoms. The Hall–Kier alpha value is -3.18. The van der Waals surface area contributed by atoms with Crippen molar-refractivity contribution in [2.75, 3.05) is 31.6 Å². The molecule has 190 valence electrons. The Kier molecular flexibility index (Phi) is 12.6. The van der Waals surface area contributed by atoms with Gasteiger partial charge in [-0.1, -0.05) is 33.8 Å². The van der Waals surface area contributed by atoms with Crippen LogP contribution in [0.2, 0.25) is 0 Å². The molecule has 1 aromatic rings. The number of amides is 3. The van der Waals surface area contributed by atoms with Crippen LogP contribution in [0.5, 0.6) is 5.75 Å². The fraction of sp³-hybridized carbons (Fsp3) is 0.565. The summed E-state index contributed by atoms with van der Waals surface area (Å²) < 4.78 is 10.6. The number of carbonyl (C=O) groups is 4. The van der Waals surface area contributed by atoms with E-state index in [0.29, 0.717) is 17.0 Å². The van der Waals surface area contributed by atoms with Gasteiger partial charge in [-0.3, -0.25) is 19.2 Å². The summed E-state index contributed by atoms with van der Waals surface area (Å²) in [6.45, 7) is 9.10. The average Bonchev–Trinajstić information content (AvgIpc) is 2.77. The molecule has 0 saturated heterocycles. The van der Waals surface area contributed by atoms with E-state index in [0.717, 1.165) is 0 Å². The number of nitrogens with two attached hydrogens (primary N) is 1. The van der Waals surface area contributed by atoms with E-state index in [1.165, 1.54) is 6.92 Å². The van der Waals surface area contributed by atoms with Gasteiger partial charge in [-0.15, -0.1) is 0 Å². The third-order valence-corrected chi connectivity index (χ3v) is 4.50. The van der Waals surface area contributed by atoms with Crippen molar-refractivity contribution < 1.29 is 28.7 Å². The van der Waals surface area contributed by atoms with Crippen molar-refractivity contribution in [3.63, 3.8) is 0 Å². The molecule has 11 nitrogen and oxygen atoms in total. The summed E-state index contributed by atoms with van der Waals surface area (Å²) in [5.74, 6) is -1.47. The Morgan fingerprint density at radius 1 is 1.03 bits per heavy atom. The number of nitrogens with one attached hydrogen (secondary N) is 4. The second kappa shape index (κ2) is 14.9. The van der Waals surface area contributed by atoms with E-state index < -0.39 is 23.8 Å². The van der Waals surface area contributed by atoms with Gasteiger partial charge in [0.15, 0.2) is 0 Å². The molecule has 1 rings (SSSR count). The van der Waals surface area contributed by atoms with Crippen molar-refractivity contribution in [3.05, 3.63) is 23.8 Å². The summed E-state index contributed by atoms with van der Waals surface area (Å²) in [4.78, 5) is 48.2. The molecule has 34 heavy (non-hydrogen) atoms. The van der Waals surface area contributed by atoms with Crippen LogP contribution in [0.3, 0.4) is 0 Å². The molecule has 1 aromatic carbocycles. The molecule has 0 aliphatic rings. The molecule has 0 aliphatic heterocycles. The highest BCUT2D eigenvalue weighted by atomic mass is 16.5. The number of benzene rings is 1. The summed E-state index contributed by atoms with van der Waals surface area (Å²) in [7, 11) is 0. The van der Waals surface area contributed by atoms with Gasteiger partial charge in [-0.05, 0) is 23.6 Å². The Bertz CT molecular complexity index is 843. The second-order valence-corrected chi connectivity index (χ2v) is 8.34. The fourth-order valence-corrected chi connectivity index (χ4v) is 2.76. The maximum atomic E-state index is 12.6. The van der Waals surface area contributed by atoms with Crippen molar-refractivity contribution in [3.8, 4) is 5.75 Å². The first-order valence-electron chi connectivity index (χ1n) is 11.2. The molecule has 0 spiro atoms. The molecule has 0 aliphatic carbocycles. The average molecular weight is 480 g/mol. The van der Waals surface area contributed by atoms with Gasteiger partial charge in [-0.2, -0.15) is 0 Å². The predicted molar refractivity (Wildman–Crippen MR) is 128 cm³/mol. The van der Waals surface area contributed by atoms with Crippen molar-refractivity contribution in [1.82, 2.24) is 16.0 Å². The summed E-state index contributed by atoms with van der Waals surface area (Å²) in [6, 6.07) is 4.29. The van der Waals surface area contributed by atoms with E-state index in [4.69, 9.17) is 15.2 Å². The van der Waals surface area contributed by atoms with E-state index in [-0.39, 0.29) is 50.7 Å². The van der Waals surface area contributed by atoms with E-state index >= 15 is 0 Å². The lowest BCUT2D eigenvalue weighted by Crippen LogP contribution is -2.52. The van der Waals surface area contributed by atoms with Crippen LogP contribution >= 0.6 is 0 Å². The first-order valence-corrected chi connectivity index (χ1v) is 11.2. The minimum atomic E-state index is -0.779. The topological polar surface area (TPSA) is 161 Å². The van der Waals surface area contributed by atoms with Gasteiger partial charge in [0, 0.05) is 19.5 Å². The van der Waals surface area contributed by atoms with Crippen molar-refractivity contribution >= 4 is 29.4 Å². The van der Waals surface area contributed by atoms with Gasteiger partial charge >= 0.3 is 5.97 Å². The van der Waals surface area contributed by atoms with E-state index in [1.807, 2.05) is 13.8 Å². The van der Waals surface area contributed by atoms with E-state index in [1.54, 1.807) is 32.0 Å². The number of hydrogen-bond acceptors (Lipinski definition) is 8. The molecule has 3 amide bonds. The predicted octanol–water partition coefficient (Wildman–Crippen LogP) is 0.281. The normalized spacial score (nSPS) is 11.6. The Labute approximate surface area is 200 Å². The van der Waals surface area contributed by atoms with Gasteiger partial charge in [0.05, 0.1) is 18.8 Å². The lowest BCUT2D eigenvalue weighted by molar-refractivity contribution is -0.142. The zero-order valence-electron chi connectivity index (χ0n) is 20.5. The third kappa shape index (κ3) is 11.1. The zero-order valence-corrected chi connectivity index (χ0v) is 20.5. The number of carbonyl (C=O) groups excluding carboxylic acids is 4. The molecule has 1 unspecified atom stereocenters. The van der Waals surface area contributed by atoms with Crippen LogP contribution in [0.1, 0.15) is 40.2 Å². The molecule has 1 atom stereocenters. The van der Waals surface area contributed by atoms with E-state index in [2.05, 4.69) is 21.3 Å². The Morgan fingerprint density at radius 2 is 1.74 bits per heavy atom. The van der Waals surface area contributed by atoms with Gasteiger partial charge in [-0.25, -0.2) is 0 Å². The van der Waals surface area contributed by atoms with Gasteiger partial charge < -0.3 is 36.5 Å². The maximum Gasteiger partial charge on any atom is 0.302 e. The van der Waals surface area contributed by atoms with Crippen LogP contribution < -0.4 is 31.7 Å². The fourth-order valence-electron chi connectivity index (χ4n) is 2.76. The van der Waals surface area contributed by atoms with Crippen molar-refractivity contribution in [2.24, 2.45) is 11.7 Å². The summed E-state index contributed by atoms with van der Waals surface area (Å²) in [5, 5.41) is 10.9. The Balaban J connectivity index is 2.73. The highest BCUT2D eigenvalue weighted by molar-refractivity contribution is 5.97. The molecular formula is C23H37N5O6. The lowest BCUT2D eigenvalue weighted by atomic mass is 10.0. The monoisotopic (exact) mass is 479 g/mol. The van der Waals surface area contributed by atoms with Gasteiger partial charge in [0.25, 0.3) is 0 Å². The van der Waals surface area contributed by atoms with Crippen LogP contribution in [-0.2, 0) is 30.5 Å². The van der Waals surface area contributed by atoms with Crippen LogP contribution in [0.4, 0.5) is 5.69 Å². The summed E-state index contributed by atoms with van der Waals surface area (Å²) in [5.41, 5.74) is 6.56. The quantitative estimate of drug-likeness (QED) is 0.238. The second-order valence-electron chi connectivity index (χ2n) is 8.34. The number of anilines is 1. The van der Waals surface area contributed by atoms with Crippen LogP contribution in [0.15, 0.2) is 18.2 Å². The highest BCUT2D eigenvalue weighted by Gasteiger charge is 2.24. The molecular weight excluding hydrogens is 442 g/mol. The molecule has 0 bridgehead atoms. The number of rotatable bonds is 14. The van der Waals surface area contributed by atoms with Crippen LogP contribution in [-0.4, -0.2) is 62.0 Å². The molecule has 0 aromatic heterocycles. The largest absolute Gasteiger partial charge is 0.490 e. The first kappa shape index (κ1) is 28.9. The van der Waals surface area contributed by atoms with Crippen LogP contribution in [0.25, 0.3) is 0 Å². The van der Waals surface area contributed by atoms with E-state index in [9.17, 15) is 19.2 Å². The van der Waals surface area contributed by atoms with Crippen molar-refractivity contribution in [1.29, 1.82) is 0 Å². The van der Waals surface area contributed by atoms with Crippen molar-refractivity contribution in [2.45, 2.75) is 53.3 Å². The minimum absolute atomic E-state index is 0.0631. The summed E-state index contributed by atoms with van der Waals surface area (Å²) >= 11 is 0. The maximum absolute atomic E-state index is 12.6. The standard InChI is InChI=1S/C23H37N5O6/c1-14(2)22(28-21(31)11-25-15(3)4)23(32)26-12-20(30)27-18-7-6-17(13-34-16(5)29)10-19(18)33-9-8-24/h6-7,10,14-15,22,25H,8-9,11-13,24H2,1-5H3,(H,26,32)(H,27,30)(H,28,31). The van der Waals surface area contributed by atoms with Gasteiger partial charge in [0.1, 0.15) is 25.0 Å². The minimum Gasteiger partial charge on any atom is -0.490 e. The Morgan fingerprint density at radius 3 is 2.32 bits per heavy atom. The number of ether oxygens (including phenoxy) is 2. The van der Waals surface area contributed by atoms with Crippen LogP contribution in [0, 0.1) is 5.92 Å². The highest BCUT2D eigenvalue weighted by Crippen LogP contribution is 2.26. The smallest absolute Gasteiger partial charge is 0.302 e. The third-order valence-electron chi connectivity index (χ3n) is 4.50. The molecule has 0 fully saturated rings. The molecule has 6 N–H and O–H groups in total. The number of hydrogen-bond donors (Lipinski definition) is 5. The molecule has 0 heterocycles. The molecule has 0 radical (unpaired) electrons. The zero-order chi connectivity index (χ0) is 25.7. The SMILES string of the molecule is CC(=O)OCc1ccc(NC(=O)CNC(=O)C(NC(=O)CNC(C)C)C(C)C)c(OCCN)c1. The summed E-state index contributed by atoms with van der Waals surface area (Å²) in [6.07, 6.45) is 0. The lowest BCUT2D eigenvalue weighted by Gasteiger charge is -2.22.